The maximum absolute atomic E-state index is 6.62. The summed E-state index contributed by atoms with van der Waals surface area (Å²) >= 11 is 0. The van der Waals surface area contributed by atoms with Gasteiger partial charge in [0.05, 0.1) is 6.61 Å². The van der Waals surface area contributed by atoms with Gasteiger partial charge in [-0.15, -0.1) is 0 Å². The molecule has 0 amide bonds. The number of hydrogen-bond acceptors (Lipinski definition) is 2. The maximum atomic E-state index is 6.62. The van der Waals surface area contributed by atoms with E-state index in [1.807, 2.05) is 0 Å². The van der Waals surface area contributed by atoms with Crippen LogP contribution in [0.25, 0.3) is 0 Å². The fourth-order valence-electron chi connectivity index (χ4n) is 3.20. The quantitative estimate of drug-likeness (QED) is 0.241. The highest BCUT2D eigenvalue weighted by molar-refractivity contribution is 6.78. The van der Waals surface area contributed by atoms with Gasteiger partial charge in [-0.25, -0.2) is 0 Å². The van der Waals surface area contributed by atoms with Gasteiger partial charge in [0.25, 0.3) is 8.32 Å². The molecule has 2 nitrogen and oxygen atoms in total. The standard InChI is InChI=1S/C20H42O2Si2/c1-15(2)24(16(3)4,17(5)6)22-19(8)18(7)14-21-23(12,13)20(9,10)11/h15-17H,7-8,14H2,1-6,9-13H3. The monoisotopic (exact) mass is 370 g/mol. The van der Waals surface area contributed by atoms with Crippen LogP contribution in [-0.2, 0) is 8.85 Å². The van der Waals surface area contributed by atoms with Crippen molar-refractivity contribution < 1.29 is 8.85 Å². The summed E-state index contributed by atoms with van der Waals surface area (Å²) in [7, 11) is -3.75. The molecule has 0 rings (SSSR count). The van der Waals surface area contributed by atoms with Crippen molar-refractivity contribution in [3.05, 3.63) is 24.5 Å². The highest BCUT2D eigenvalue weighted by Crippen LogP contribution is 2.44. The molecule has 0 aromatic heterocycles. The molecule has 0 spiro atoms. The van der Waals surface area contributed by atoms with E-state index in [-0.39, 0.29) is 5.04 Å². The van der Waals surface area contributed by atoms with Crippen molar-refractivity contribution in [1.82, 2.24) is 0 Å². The molecule has 0 bridgehead atoms. The lowest BCUT2D eigenvalue weighted by Crippen LogP contribution is -2.47. The Labute approximate surface area is 154 Å². The van der Waals surface area contributed by atoms with E-state index in [9.17, 15) is 0 Å². The summed E-state index contributed by atoms with van der Waals surface area (Å²) in [5.41, 5.74) is 2.48. The van der Waals surface area contributed by atoms with Gasteiger partial charge in [-0.1, -0.05) is 75.5 Å². The van der Waals surface area contributed by atoms with Crippen LogP contribution in [0.1, 0.15) is 62.3 Å². The molecule has 0 aliphatic carbocycles. The van der Waals surface area contributed by atoms with Gasteiger partial charge in [-0.05, 0) is 34.8 Å². The van der Waals surface area contributed by atoms with Gasteiger partial charge in [-0.2, -0.15) is 0 Å². The zero-order valence-electron chi connectivity index (χ0n) is 18.2. The summed E-state index contributed by atoms with van der Waals surface area (Å²) < 4.78 is 12.9. The first kappa shape index (κ1) is 23.7. The fraction of sp³-hybridized carbons (Fsp3) is 0.800. The molecular formula is C20H42O2Si2. The molecule has 0 aliphatic rings. The fourth-order valence-corrected chi connectivity index (χ4v) is 9.45. The van der Waals surface area contributed by atoms with Crippen LogP contribution >= 0.6 is 0 Å². The van der Waals surface area contributed by atoms with Crippen molar-refractivity contribution in [2.45, 2.75) is 97.1 Å². The van der Waals surface area contributed by atoms with E-state index in [1.54, 1.807) is 0 Å². The van der Waals surface area contributed by atoms with Crippen molar-refractivity contribution in [2.24, 2.45) is 0 Å². The molecule has 0 saturated carbocycles. The molecule has 0 atom stereocenters. The SMILES string of the molecule is C=C(CO[Si](C)(C)C(C)(C)C)C(=C)O[Si](C(C)C)(C(C)C)C(C)C. The third kappa shape index (κ3) is 5.33. The summed E-state index contributed by atoms with van der Waals surface area (Å²) in [6.45, 7) is 33.9. The summed E-state index contributed by atoms with van der Waals surface area (Å²) in [6, 6.07) is 0. The Morgan fingerprint density at radius 3 is 1.54 bits per heavy atom. The Balaban J connectivity index is 5.13. The van der Waals surface area contributed by atoms with Crippen LogP contribution in [0.2, 0.25) is 34.8 Å². The van der Waals surface area contributed by atoms with Crippen molar-refractivity contribution >= 4 is 16.6 Å². The van der Waals surface area contributed by atoms with E-state index < -0.39 is 16.6 Å². The molecular weight excluding hydrogens is 328 g/mol. The smallest absolute Gasteiger partial charge is 0.258 e. The Morgan fingerprint density at radius 1 is 0.875 bits per heavy atom. The summed E-state index contributed by atoms with van der Waals surface area (Å²) in [5.74, 6) is 0.733. The predicted octanol–water partition coefficient (Wildman–Crippen LogP) is 7.27. The van der Waals surface area contributed by atoms with E-state index in [1.165, 1.54) is 0 Å². The molecule has 0 aliphatic heterocycles. The molecule has 0 fully saturated rings. The van der Waals surface area contributed by atoms with Crippen molar-refractivity contribution in [3.8, 4) is 0 Å². The molecule has 142 valence electrons. The van der Waals surface area contributed by atoms with Crippen LogP contribution in [0.15, 0.2) is 24.5 Å². The van der Waals surface area contributed by atoms with Crippen LogP contribution in [0.4, 0.5) is 0 Å². The lowest BCUT2D eigenvalue weighted by Gasteiger charge is -2.43. The minimum absolute atomic E-state index is 0.196. The highest BCUT2D eigenvalue weighted by atomic mass is 28.4. The van der Waals surface area contributed by atoms with Crippen LogP contribution in [0, 0.1) is 0 Å². The summed E-state index contributed by atoms with van der Waals surface area (Å²) in [5, 5.41) is 0.196. The second-order valence-electron chi connectivity index (χ2n) is 9.50. The van der Waals surface area contributed by atoms with E-state index >= 15 is 0 Å². The van der Waals surface area contributed by atoms with E-state index in [2.05, 4.69) is 88.6 Å². The zero-order valence-corrected chi connectivity index (χ0v) is 20.2. The van der Waals surface area contributed by atoms with Gasteiger partial charge < -0.3 is 8.85 Å². The molecule has 0 aromatic rings. The van der Waals surface area contributed by atoms with Crippen LogP contribution < -0.4 is 0 Å². The van der Waals surface area contributed by atoms with Gasteiger partial charge in [0.15, 0.2) is 8.32 Å². The highest BCUT2D eigenvalue weighted by Gasteiger charge is 2.47. The molecule has 0 aromatic carbocycles. The Morgan fingerprint density at radius 2 is 1.25 bits per heavy atom. The lowest BCUT2D eigenvalue weighted by molar-refractivity contribution is 0.303. The Hall–Kier alpha value is -0.326. The average Bonchev–Trinajstić information content (AvgIpc) is 2.39. The lowest BCUT2D eigenvalue weighted by atomic mass is 10.2. The molecule has 0 saturated heterocycles. The summed E-state index contributed by atoms with van der Waals surface area (Å²) in [6.07, 6.45) is 0. The van der Waals surface area contributed by atoms with Gasteiger partial charge in [0, 0.05) is 5.57 Å². The molecule has 24 heavy (non-hydrogen) atoms. The maximum Gasteiger partial charge on any atom is 0.258 e. The first-order valence-electron chi connectivity index (χ1n) is 9.29. The first-order chi connectivity index (χ1) is 10.6. The third-order valence-corrected chi connectivity index (χ3v) is 16.3. The zero-order chi connectivity index (χ0) is 19.5. The van der Waals surface area contributed by atoms with Gasteiger partial charge in [0.2, 0.25) is 0 Å². The molecule has 0 heterocycles. The third-order valence-electron chi connectivity index (χ3n) is 5.81. The Kier molecular flexibility index (Phi) is 8.26. The van der Waals surface area contributed by atoms with E-state index in [4.69, 9.17) is 8.85 Å². The van der Waals surface area contributed by atoms with Crippen LogP contribution in [0.3, 0.4) is 0 Å². The number of rotatable bonds is 9. The first-order valence-corrected chi connectivity index (χ1v) is 14.3. The second-order valence-corrected chi connectivity index (χ2v) is 19.7. The van der Waals surface area contributed by atoms with E-state index in [0.717, 1.165) is 11.3 Å². The van der Waals surface area contributed by atoms with Crippen molar-refractivity contribution in [2.75, 3.05) is 6.61 Å². The van der Waals surface area contributed by atoms with E-state index in [0.29, 0.717) is 23.2 Å². The van der Waals surface area contributed by atoms with Crippen LogP contribution in [-0.4, -0.2) is 23.2 Å². The normalized spacial score (nSPS) is 13.8. The van der Waals surface area contributed by atoms with Crippen molar-refractivity contribution in [3.63, 3.8) is 0 Å². The second kappa shape index (κ2) is 8.37. The molecule has 0 N–H and O–H groups in total. The number of hydrogen-bond donors (Lipinski definition) is 0. The van der Waals surface area contributed by atoms with Crippen molar-refractivity contribution in [1.29, 1.82) is 0 Å². The molecule has 0 unspecified atom stereocenters. The van der Waals surface area contributed by atoms with Gasteiger partial charge in [-0.3, -0.25) is 0 Å². The van der Waals surface area contributed by atoms with Gasteiger partial charge >= 0.3 is 0 Å². The largest absolute Gasteiger partial charge is 0.543 e. The van der Waals surface area contributed by atoms with Gasteiger partial charge in [0.1, 0.15) is 5.76 Å². The van der Waals surface area contributed by atoms with Crippen LogP contribution in [0.5, 0.6) is 0 Å². The Bertz CT molecular complexity index is 421. The minimum Gasteiger partial charge on any atom is -0.543 e. The topological polar surface area (TPSA) is 18.5 Å². The molecule has 4 heteroatoms. The average molecular weight is 371 g/mol. The molecule has 0 radical (unpaired) electrons. The minimum atomic E-state index is -1.97. The summed E-state index contributed by atoms with van der Waals surface area (Å²) in [4.78, 5) is 0. The predicted molar refractivity (Wildman–Crippen MR) is 114 cm³/mol.